The van der Waals surface area contributed by atoms with Gasteiger partial charge in [0.05, 0.1) is 39.4 Å². The standard InChI is InChI=1S/C15H18N2O3S4/c1-10-17-13(7-21-10)14-3-2-11(23-14)6-16-15(18)8-22-12-4-5-24(19,20)9-12/h2-3,7,12H,4-6,8-9H2,1H3,(H,16,18)/t12-/m1/s1. The van der Waals surface area contributed by atoms with Crippen molar-refractivity contribution in [3.8, 4) is 10.6 Å². The van der Waals surface area contributed by atoms with Crippen LogP contribution in [0.5, 0.6) is 0 Å². The van der Waals surface area contributed by atoms with Crippen molar-refractivity contribution in [3.63, 3.8) is 0 Å². The summed E-state index contributed by atoms with van der Waals surface area (Å²) < 4.78 is 22.8. The van der Waals surface area contributed by atoms with Gasteiger partial charge in [-0.25, -0.2) is 13.4 Å². The fourth-order valence-electron chi connectivity index (χ4n) is 2.41. The number of carbonyl (C=O) groups is 1. The van der Waals surface area contributed by atoms with Gasteiger partial charge in [0, 0.05) is 15.5 Å². The van der Waals surface area contributed by atoms with Crippen molar-refractivity contribution >= 4 is 50.2 Å². The molecule has 2 aromatic rings. The number of thiazole rings is 1. The van der Waals surface area contributed by atoms with Crippen LogP contribution in [0.1, 0.15) is 16.3 Å². The summed E-state index contributed by atoms with van der Waals surface area (Å²) in [6, 6.07) is 4.03. The van der Waals surface area contributed by atoms with Gasteiger partial charge in [0.1, 0.15) is 0 Å². The van der Waals surface area contributed by atoms with E-state index in [0.29, 0.717) is 18.7 Å². The lowest BCUT2D eigenvalue weighted by Gasteiger charge is -2.07. The molecule has 1 amide bonds. The van der Waals surface area contributed by atoms with Gasteiger partial charge in [0.15, 0.2) is 9.84 Å². The molecule has 0 saturated carbocycles. The lowest BCUT2D eigenvalue weighted by atomic mass is 10.3. The molecule has 9 heteroatoms. The molecule has 130 valence electrons. The summed E-state index contributed by atoms with van der Waals surface area (Å²) in [5.41, 5.74) is 0.984. The monoisotopic (exact) mass is 402 g/mol. The second-order valence-electron chi connectivity index (χ2n) is 5.63. The van der Waals surface area contributed by atoms with Gasteiger partial charge in [-0.3, -0.25) is 4.79 Å². The van der Waals surface area contributed by atoms with E-state index in [2.05, 4.69) is 10.3 Å². The zero-order valence-electron chi connectivity index (χ0n) is 13.1. The Kier molecular flexibility index (Phi) is 5.63. The molecule has 1 atom stereocenters. The normalized spacial score (nSPS) is 19.5. The number of thiophene rings is 1. The second kappa shape index (κ2) is 7.55. The fourth-order valence-corrected chi connectivity index (χ4v) is 7.48. The number of hydrogen-bond acceptors (Lipinski definition) is 7. The molecule has 0 unspecified atom stereocenters. The van der Waals surface area contributed by atoms with Crippen LogP contribution in [-0.2, 0) is 21.2 Å². The lowest BCUT2D eigenvalue weighted by Crippen LogP contribution is -2.25. The predicted molar refractivity (Wildman–Crippen MR) is 102 cm³/mol. The molecule has 0 radical (unpaired) electrons. The van der Waals surface area contributed by atoms with Crippen molar-refractivity contribution in [3.05, 3.63) is 27.4 Å². The van der Waals surface area contributed by atoms with Crippen LogP contribution in [0, 0.1) is 6.92 Å². The Morgan fingerprint density at radius 3 is 2.96 bits per heavy atom. The Bertz CT molecular complexity index is 825. The molecule has 3 rings (SSSR count). The first-order chi connectivity index (χ1) is 11.4. The topological polar surface area (TPSA) is 76.1 Å². The maximum Gasteiger partial charge on any atom is 0.230 e. The van der Waals surface area contributed by atoms with Crippen molar-refractivity contribution in [2.75, 3.05) is 17.3 Å². The summed E-state index contributed by atoms with van der Waals surface area (Å²) >= 11 is 4.69. The minimum absolute atomic E-state index is 0.0521. The van der Waals surface area contributed by atoms with Crippen LogP contribution in [0.15, 0.2) is 17.5 Å². The van der Waals surface area contributed by atoms with Crippen LogP contribution < -0.4 is 5.32 Å². The van der Waals surface area contributed by atoms with Crippen molar-refractivity contribution < 1.29 is 13.2 Å². The minimum atomic E-state index is -2.88. The molecule has 0 bridgehead atoms. The van der Waals surface area contributed by atoms with Crippen LogP contribution in [0.3, 0.4) is 0 Å². The van der Waals surface area contributed by atoms with E-state index in [1.165, 1.54) is 11.8 Å². The SMILES string of the molecule is Cc1nc(-c2ccc(CNC(=O)CS[C@@H]3CCS(=O)(=O)C3)s2)cs1. The predicted octanol–water partition coefficient (Wildman–Crippen LogP) is 2.72. The number of nitrogens with zero attached hydrogens (tertiary/aromatic N) is 1. The smallest absolute Gasteiger partial charge is 0.230 e. The summed E-state index contributed by atoms with van der Waals surface area (Å²) in [7, 11) is -2.88. The fraction of sp³-hybridized carbons (Fsp3) is 0.467. The number of nitrogens with one attached hydrogen (secondary N) is 1. The molecule has 0 aromatic carbocycles. The van der Waals surface area contributed by atoms with Gasteiger partial charge < -0.3 is 5.32 Å². The third kappa shape index (κ3) is 4.81. The van der Waals surface area contributed by atoms with Gasteiger partial charge in [-0.1, -0.05) is 0 Å². The molecule has 1 aliphatic rings. The Labute approximate surface area is 153 Å². The lowest BCUT2D eigenvalue weighted by molar-refractivity contribution is -0.118. The van der Waals surface area contributed by atoms with Gasteiger partial charge in [-0.05, 0) is 25.5 Å². The third-order valence-corrected chi connectivity index (χ3v) is 8.80. The average molecular weight is 403 g/mol. The second-order valence-corrected chi connectivity index (χ2v) is 11.4. The van der Waals surface area contributed by atoms with Crippen LogP contribution >= 0.6 is 34.4 Å². The molecule has 0 spiro atoms. The summed E-state index contributed by atoms with van der Waals surface area (Å²) in [4.78, 5) is 18.6. The first-order valence-electron chi connectivity index (χ1n) is 7.51. The van der Waals surface area contributed by atoms with Crippen molar-refractivity contribution in [2.24, 2.45) is 0 Å². The molecule has 1 aliphatic heterocycles. The highest BCUT2D eigenvalue weighted by atomic mass is 32.2. The van der Waals surface area contributed by atoms with Crippen LogP contribution in [0.4, 0.5) is 0 Å². The Morgan fingerprint density at radius 1 is 1.46 bits per heavy atom. The van der Waals surface area contributed by atoms with Crippen LogP contribution in [0.2, 0.25) is 0 Å². The summed E-state index contributed by atoms with van der Waals surface area (Å²) in [5.74, 6) is 0.708. The van der Waals surface area contributed by atoms with E-state index in [1.807, 2.05) is 24.4 Å². The molecule has 2 aromatic heterocycles. The zero-order valence-corrected chi connectivity index (χ0v) is 16.4. The first kappa shape index (κ1) is 17.9. The molecule has 1 fully saturated rings. The number of hydrogen-bond donors (Lipinski definition) is 1. The third-order valence-electron chi connectivity index (χ3n) is 3.63. The maximum absolute atomic E-state index is 11.9. The van der Waals surface area contributed by atoms with Crippen LogP contribution in [-0.4, -0.2) is 41.8 Å². The van der Waals surface area contributed by atoms with E-state index in [1.54, 1.807) is 22.7 Å². The van der Waals surface area contributed by atoms with E-state index < -0.39 is 9.84 Å². The highest BCUT2D eigenvalue weighted by molar-refractivity contribution is 8.02. The number of thioether (sulfide) groups is 1. The quantitative estimate of drug-likeness (QED) is 0.804. The number of sulfone groups is 1. The molecule has 1 saturated heterocycles. The van der Waals surface area contributed by atoms with E-state index in [9.17, 15) is 13.2 Å². The van der Waals surface area contributed by atoms with Crippen LogP contribution in [0.25, 0.3) is 10.6 Å². The zero-order chi connectivity index (χ0) is 17.2. The number of aromatic nitrogens is 1. The van der Waals surface area contributed by atoms with Gasteiger partial charge in [0.25, 0.3) is 0 Å². The summed E-state index contributed by atoms with van der Waals surface area (Å²) in [6.45, 7) is 2.48. The van der Waals surface area contributed by atoms with E-state index in [4.69, 9.17) is 0 Å². The summed E-state index contributed by atoms with van der Waals surface area (Å²) in [6.07, 6.45) is 0.654. The largest absolute Gasteiger partial charge is 0.350 e. The Balaban J connectivity index is 1.44. The van der Waals surface area contributed by atoms with Gasteiger partial charge in [-0.2, -0.15) is 0 Å². The van der Waals surface area contributed by atoms with E-state index in [-0.39, 0.29) is 22.7 Å². The highest BCUT2D eigenvalue weighted by Gasteiger charge is 2.28. The maximum atomic E-state index is 11.9. The summed E-state index contributed by atoms with van der Waals surface area (Å²) in [5, 5.41) is 6.03. The number of amides is 1. The first-order valence-corrected chi connectivity index (χ1v) is 12.1. The molecular formula is C15H18N2O3S4. The number of rotatable bonds is 6. The Hall–Kier alpha value is -0.900. The van der Waals surface area contributed by atoms with E-state index in [0.717, 1.165) is 20.5 Å². The van der Waals surface area contributed by atoms with Gasteiger partial charge >= 0.3 is 0 Å². The average Bonchev–Trinajstić information content (AvgIpc) is 3.23. The molecule has 24 heavy (non-hydrogen) atoms. The van der Waals surface area contributed by atoms with Crippen molar-refractivity contribution in [1.29, 1.82) is 0 Å². The van der Waals surface area contributed by atoms with E-state index >= 15 is 0 Å². The minimum Gasteiger partial charge on any atom is -0.350 e. The molecule has 3 heterocycles. The van der Waals surface area contributed by atoms with Gasteiger partial charge in [-0.15, -0.1) is 34.4 Å². The molecule has 1 N–H and O–H groups in total. The Morgan fingerprint density at radius 2 is 2.29 bits per heavy atom. The van der Waals surface area contributed by atoms with Gasteiger partial charge in [0.2, 0.25) is 5.91 Å². The number of aryl methyl sites for hydroxylation is 1. The van der Waals surface area contributed by atoms with Crippen molar-refractivity contribution in [1.82, 2.24) is 10.3 Å². The molecule has 5 nitrogen and oxygen atoms in total. The van der Waals surface area contributed by atoms with Crippen molar-refractivity contribution in [2.45, 2.75) is 25.1 Å². The molecular weight excluding hydrogens is 384 g/mol. The number of carbonyl (C=O) groups excluding carboxylic acids is 1. The molecule has 0 aliphatic carbocycles. The highest BCUT2D eigenvalue weighted by Crippen LogP contribution is 2.29.